The highest BCUT2D eigenvalue weighted by Crippen LogP contribution is 2.27. The number of likely N-dealkylation sites (tertiary alicyclic amines) is 1. The van der Waals surface area contributed by atoms with Crippen LogP contribution < -0.4 is 0 Å². The van der Waals surface area contributed by atoms with Gasteiger partial charge in [-0.15, -0.1) is 11.3 Å². The van der Waals surface area contributed by atoms with Crippen molar-refractivity contribution in [1.82, 2.24) is 20.1 Å². The van der Waals surface area contributed by atoms with E-state index in [1.165, 1.54) is 0 Å². The number of rotatable bonds is 5. The molecule has 1 N–H and O–H groups in total. The normalized spacial score (nSPS) is 17.4. The molecular weight excluding hydrogens is 348 g/mol. The van der Waals surface area contributed by atoms with Gasteiger partial charge in [-0.1, -0.05) is 12.1 Å². The summed E-state index contributed by atoms with van der Waals surface area (Å²) in [6.45, 7) is 1.82. The van der Waals surface area contributed by atoms with Crippen molar-refractivity contribution in [3.63, 3.8) is 0 Å². The number of carbonyl (C=O) groups is 1. The number of aromatic amines is 1. The van der Waals surface area contributed by atoms with Gasteiger partial charge in [0.1, 0.15) is 0 Å². The highest BCUT2D eigenvalue weighted by atomic mass is 32.1. The van der Waals surface area contributed by atoms with E-state index in [4.69, 9.17) is 4.74 Å². The Hall–Kier alpha value is -2.51. The Morgan fingerprint density at radius 2 is 2.31 bits per heavy atom. The number of hydrogen-bond acceptors (Lipinski definition) is 5. The number of nitrogens with zero attached hydrogens (tertiary/aromatic N) is 3. The first-order chi connectivity index (χ1) is 12.8. The van der Waals surface area contributed by atoms with Gasteiger partial charge in [-0.25, -0.2) is 0 Å². The Balaban J connectivity index is 1.42. The van der Waals surface area contributed by atoms with Crippen molar-refractivity contribution >= 4 is 17.2 Å². The molecule has 0 aliphatic carbocycles. The summed E-state index contributed by atoms with van der Waals surface area (Å²) in [6.07, 6.45) is 5.31. The van der Waals surface area contributed by atoms with Crippen LogP contribution in [-0.4, -0.2) is 45.2 Å². The number of amides is 1. The van der Waals surface area contributed by atoms with E-state index in [1.807, 2.05) is 40.6 Å². The Kier molecular flexibility index (Phi) is 5.08. The summed E-state index contributed by atoms with van der Waals surface area (Å²) in [6, 6.07) is 9.75. The van der Waals surface area contributed by atoms with Crippen molar-refractivity contribution in [3.05, 3.63) is 59.4 Å². The van der Waals surface area contributed by atoms with E-state index in [1.54, 1.807) is 23.7 Å². The summed E-state index contributed by atoms with van der Waals surface area (Å²) in [4.78, 5) is 20.2. The van der Waals surface area contributed by atoms with Gasteiger partial charge in [-0.05, 0) is 36.4 Å². The molecule has 26 heavy (non-hydrogen) atoms. The van der Waals surface area contributed by atoms with Crippen molar-refractivity contribution in [2.24, 2.45) is 0 Å². The third-order valence-corrected chi connectivity index (χ3v) is 5.38. The van der Waals surface area contributed by atoms with Gasteiger partial charge in [-0.2, -0.15) is 5.10 Å². The molecule has 3 aromatic heterocycles. The van der Waals surface area contributed by atoms with Crippen LogP contribution in [0.5, 0.6) is 0 Å². The molecule has 0 radical (unpaired) electrons. The molecule has 0 bridgehead atoms. The van der Waals surface area contributed by atoms with Crippen LogP contribution in [0.1, 0.15) is 28.9 Å². The molecule has 7 heteroatoms. The summed E-state index contributed by atoms with van der Waals surface area (Å²) in [5.74, 6) is 0.00767. The van der Waals surface area contributed by atoms with Gasteiger partial charge in [0.05, 0.1) is 40.7 Å². The fourth-order valence-corrected chi connectivity index (χ4v) is 3.91. The van der Waals surface area contributed by atoms with Crippen LogP contribution in [0.4, 0.5) is 0 Å². The number of hydrogen-bond donors (Lipinski definition) is 1. The second-order valence-corrected chi connectivity index (χ2v) is 7.23. The predicted molar refractivity (Wildman–Crippen MR) is 99.9 cm³/mol. The summed E-state index contributed by atoms with van der Waals surface area (Å²) in [5.41, 5.74) is 2.32. The van der Waals surface area contributed by atoms with E-state index in [9.17, 15) is 4.79 Å². The van der Waals surface area contributed by atoms with Gasteiger partial charge in [0, 0.05) is 19.3 Å². The first-order valence-corrected chi connectivity index (χ1v) is 9.57. The van der Waals surface area contributed by atoms with E-state index >= 15 is 0 Å². The lowest BCUT2D eigenvalue weighted by atomic mass is 10.1. The standard InChI is InChI=1S/C19H20N4O2S/c24-19(16-11-21-22-18(16)17-7-4-10-26-17)23-9-3-6-15(12-23)25-13-14-5-1-2-8-20-14/h1-2,4-5,7-8,10-11,15H,3,6,9,12-13H2,(H,21,22)/t15-/m1/s1. The molecule has 1 aliphatic rings. The summed E-state index contributed by atoms with van der Waals surface area (Å²) >= 11 is 1.59. The van der Waals surface area contributed by atoms with Gasteiger partial charge in [0.25, 0.3) is 5.91 Å². The van der Waals surface area contributed by atoms with Gasteiger partial charge < -0.3 is 9.64 Å². The maximum Gasteiger partial charge on any atom is 0.257 e. The molecule has 3 aromatic rings. The molecule has 1 aliphatic heterocycles. The van der Waals surface area contributed by atoms with Crippen molar-refractivity contribution in [1.29, 1.82) is 0 Å². The van der Waals surface area contributed by atoms with Crippen molar-refractivity contribution in [2.45, 2.75) is 25.6 Å². The maximum atomic E-state index is 13.0. The number of thiophene rings is 1. The third kappa shape index (κ3) is 3.68. The molecule has 1 fully saturated rings. The molecule has 1 amide bonds. The van der Waals surface area contributed by atoms with E-state index in [0.29, 0.717) is 18.7 Å². The van der Waals surface area contributed by atoms with Gasteiger partial charge in [0.2, 0.25) is 0 Å². The monoisotopic (exact) mass is 368 g/mol. The number of H-pyrrole nitrogens is 1. The molecule has 134 valence electrons. The van der Waals surface area contributed by atoms with Crippen LogP contribution in [0.3, 0.4) is 0 Å². The van der Waals surface area contributed by atoms with Crippen LogP contribution in [0, 0.1) is 0 Å². The second kappa shape index (κ2) is 7.80. The van der Waals surface area contributed by atoms with Crippen LogP contribution in [-0.2, 0) is 11.3 Å². The van der Waals surface area contributed by atoms with Crippen molar-refractivity contribution in [2.75, 3.05) is 13.1 Å². The Morgan fingerprint density at radius 3 is 3.12 bits per heavy atom. The minimum Gasteiger partial charge on any atom is -0.370 e. The quantitative estimate of drug-likeness (QED) is 0.750. The smallest absolute Gasteiger partial charge is 0.257 e. The summed E-state index contributed by atoms with van der Waals surface area (Å²) in [7, 11) is 0. The zero-order valence-electron chi connectivity index (χ0n) is 14.3. The molecular formula is C19H20N4O2S. The molecule has 0 saturated carbocycles. The van der Waals surface area contributed by atoms with Crippen molar-refractivity contribution < 1.29 is 9.53 Å². The van der Waals surface area contributed by atoms with Crippen LogP contribution >= 0.6 is 11.3 Å². The fraction of sp³-hybridized carbons (Fsp3) is 0.316. The van der Waals surface area contributed by atoms with Gasteiger partial charge in [0.15, 0.2) is 0 Å². The first kappa shape index (κ1) is 16.9. The maximum absolute atomic E-state index is 13.0. The SMILES string of the molecule is O=C(c1cn[nH]c1-c1cccs1)N1CCC[C@@H](OCc2ccccn2)C1. The van der Waals surface area contributed by atoms with Gasteiger partial charge >= 0.3 is 0 Å². The van der Waals surface area contributed by atoms with E-state index in [0.717, 1.165) is 35.7 Å². The number of aromatic nitrogens is 3. The number of nitrogens with one attached hydrogen (secondary N) is 1. The highest BCUT2D eigenvalue weighted by molar-refractivity contribution is 7.13. The van der Waals surface area contributed by atoms with E-state index in [2.05, 4.69) is 15.2 Å². The molecule has 0 spiro atoms. The lowest BCUT2D eigenvalue weighted by molar-refractivity contribution is -0.00783. The van der Waals surface area contributed by atoms with Crippen LogP contribution in [0.25, 0.3) is 10.6 Å². The number of piperidine rings is 1. The average Bonchev–Trinajstić information content (AvgIpc) is 3.38. The number of carbonyl (C=O) groups excluding carboxylic acids is 1. The molecule has 1 saturated heterocycles. The zero-order chi connectivity index (χ0) is 17.8. The lowest BCUT2D eigenvalue weighted by Crippen LogP contribution is -2.43. The number of pyridine rings is 1. The van der Waals surface area contributed by atoms with Crippen molar-refractivity contribution in [3.8, 4) is 10.6 Å². The average molecular weight is 368 g/mol. The topological polar surface area (TPSA) is 71.1 Å². The minimum atomic E-state index is 0.00767. The molecule has 0 unspecified atom stereocenters. The molecule has 1 atom stereocenters. The van der Waals surface area contributed by atoms with Crippen LogP contribution in [0.2, 0.25) is 0 Å². The third-order valence-electron chi connectivity index (χ3n) is 4.50. The van der Waals surface area contributed by atoms with E-state index in [-0.39, 0.29) is 12.0 Å². The van der Waals surface area contributed by atoms with Gasteiger partial charge in [-0.3, -0.25) is 14.9 Å². The number of ether oxygens (including phenoxy) is 1. The predicted octanol–water partition coefficient (Wildman–Crippen LogP) is 3.35. The van der Waals surface area contributed by atoms with Crippen LogP contribution in [0.15, 0.2) is 48.1 Å². The minimum absolute atomic E-state index is 0.00767. The molecule has 4 heterocycles. The fourth-order valence-electron chi connectivity index (χ4n) is 3.17. The molecule has 0 aromatic carbocycles. The largest absolute Gasteiger partial charge is 0.370 e. The lowest BCUT2D eigenvalue weighted by Gasteiger charge is -2.32. The first-order valence-electron chi connectivity index (χ1n) is 8.69. The zero-order valence-corrected chi connectivity index (χ0v) is 15.1. The van der Waals surface area contributed by atoms with E-state index < -0.39 is 0 Å². The Bertz CT molecular complexity index is 848. The second-order valence-electron chi connectivity index (χ2n) is 6.28. The molecule has 4 rings (SSSR count). The Morgan fingerprint density at radius 1 is 1.35 bits per heavy atom. The highest BCUT2D eigenvalue weighted by Gasteiger charge is 2.27. The summed E-state index contributed by atoms with van der Waals surface area (Å²) < 4.78 is 5.99. The molecule has 6 nitrogen and oxygen atoms in total. The summed E-state index contributed by atoms with van der Waals surface area (Å²) in [5, 5.41) is 9.04. The Labute approximate surface area is 155 Å².